The molecule has 0 aliphatic carbocycles. The highest BCUT2D eigenvalue weighted by Gasteiger charge is 2.71. The Balaban J connectivity index is 1.27. The molecule has 7 rings (SSSR count). The zero-order chi connectivity index (χ0) is 28.1. The van der Waals surface area contributed by atoms with E-state index in [-0.39, 0.29) is 44.1 Å². The molecule has 4 aliphatic heterocycles. The van der Waals surface area contributed by atoms with Gasteiger partial charge >= 0.3 is 0 Å². The van der Waals surface area contributed by atoms with E-state index in [1.807, 2.05) is 78.9 Å². The molecule has 1 unspecified atom stereocenters. The number of carbonyl (C=O) groups excluding carboxylic acids is 3. The van der Waals surface area contributed by atoms with Gasteiger partial charge in [0.2, 0.25) is 11.8 Å². The molecule has 1 aromatic heterocycles. The number of fused-ring (bicyclic) bond motifs is 3. The van der Waals surface area contributed by atoms with Crippen LogP contribution in [0.4, 0.5) is 5.69 Å². The van der Waals surface area contributed by atoms with Crippen molar-refractivity contribution in [1.82, 2.24) is 24.8 Å². The Kier molecular flexibility index (Phi) is 6.20. The number of carbonyl (C=O) groups is 3. The van der Waals surface area contributed by atoms with Crippen LogP contribution >= 0.6 is 0 Å². The monoisotopic (exact) mass is 554 g/mol. The number of ether oxygens (including phenoxy) is 1. The summed E-state index contributed by atoms with van der Waals surface area (Å²) >= 11 is 0. The minimum atomic E-state index is -1.32. The third kappa shape index (κ3) is 3.91. The number of hydrogen-bond donors (Lipinski definition) is 1. The fourth-order valence-electron chi connectivity index (χ4n) is 6.81. The van der Waals surface area contributed by atoms with Gasteiger partial charge in [-0.15, -0.1) is 5.10 Å². The van der Waals surface area contributed by atoms with Crippen LogP contribution in [0.3, 0.4) is 0 Å². The number of rotatable bonds is 6. The molecule has 2 fully saturated rings. The van der Waals surface area contributed by atoms with E-state index in [1.54, 1.807) is 14.5 Å². The van der Waals surface area contributed by atoms with E-state index in [0.29, 0.717) is 13.0 Å². The number of aromatic nitrogens is 3. The van der Waals surface area contributed by atoms with E-state index in [1.165, 1.54) is 4.90 Å². The molecule has 4 aliphatic rings. The predicted molar refractivity (Wildman–Crippen MR) is 148 cm³/mol. The number of likely N-dealkylation sites (tertiary alicyclic amines) is 1. The third-order valence-electron chi connectivity index (χ3n) is 8.59. The van der Waals surface area contributed by atoms with Crippen molar-refractivity contribution in [3.05, 3.63) is 78.9 Å². The number of amides is 3. The Morgan fingerprint density at radius 1 is 0.951 bits per heavy atom. The van der Waals surface area contributed by atoms with Crippen LogP contribution < -0.4 is 4.90 Å². The fourth-order valence-corrected chi connectivity index (χ4v) is 6.81. The number of para-hydroxylation sites is 2. The summed E-state index contributed by atoms with van der Waals surface area (Å²) in [6.07, 6.45) is 7.05. The Morgan fingerprint density at radius 2 is 1.76 bits per heavy atom. The van der Waals surface area contributed by atoms with Crippen molar-refractivity contribution in [1.29, 1.82) is 0 Å². The lowest BCUT2D eigenvalue weighted by Crippen LogP contribution is -2.55. The Bertz CT molecular complexity index is 1570. The zero-order valence-electron chi connectivity index (χ0n) is 22.3. The van der Waals surface area contributed by atoms with Crippen LogP contribution in [0.1, 0.15) is 6.42 Å². The molecule has 2 aromatic carbocycles. The third-order valence-corrected chi connectivity index (χ3v) is 8.59. The SMILES string of the molecule is O=C1C2N(CCCO)C(=O)[C@@H]3[C@H]4C(=O)N(c5ccccc5)CC=C[C@H]4O[C@]23C=CCN1Cn1nnc2ccccc21. The van der Waals surface area contributed by atoms with Gasteiger partial charge in [-0.1, -0.05) is 59.8 Å². The van der Waals surface area contributed by atoms with Crippen molar-refractivity contribution < 1.29 is 24.2 Å². The number of nitrogens with zero attached hydrogens (tertiary/aromatic N) is 6. The van der Waals surface area contributed by atoms with Crippen LogP contribution in [-0.4, -0.2) is 91.6 Å². The quantitative estimate of drug-likeness (QED) is 0.457. The van der Waals surface area contributed by atoms with Gasteiger partial charge < -0.3 is 24.5 Å². The number of aliphatic hydroxyl groups excluding tert-OH is 1. The Hall–Kier alpha value is -4.35. The van der Waals surface area contributed by atoms with Gasteiger partial charge in [-0.2, -0.15) is 0 Å². The second-order valence-electron chi connectivity index (χ2n) is 10.8. The number of benzene rings is 2. The van der Waals surface area contributed by atoms with E-state index in [2.05, 4.69) is 10.3 Å². The topological polar surface area (TPSA) is 121 Å². The fraction of sp³-hybridized carbons (Fsp3) is 0.367. The van der Waals surface area contributed by atoms with Gasteiger partial charge in [0.05, 0.1) is 23.5 Å². The molecule has 5 heterocycles. The molecule has 1 spiro atoms. The molecule has 3 aromatic rings. The van der Waals surface area contributed by atoms with E-state index < -0.39 is 29.6 Å². The van der Waals surface area contributed by atoms with Crippen LogP contribution in [0.25, 0.3) is 11.0 Å². The Labute approximate surface area is 236 Å². The van der Waals surface area contributed by atoms with Gasteiger partial charge in [-0.3, -0.25) is 14.4 Å². The van der Waals surface area contributed by atoms with Crippen molar-refractivity contribution in [2.75, 3.05) is 31.1 Å². The summed E-state index contributed by atoms with van der Waals surface area (Å²) in [7, 11) is 0. The van der Waals surface area contributed by atoms with Crippen molar-refractivity contribution in [3.8, 4) is 0 Å². The van der Waals surface area contributed by atoms with Crippen molar-refractivity contribution >= 4 is 34.4 Å². The van der Waals surface area contributed by atoms with E-state index in [4.69, 9.17) is 4.74 Å². The maximum atomic E-state index is 14.4. The summed E-state index contributed by atoms with van der Waals surface area (Å²) in [4.78, 5) is 47.5. The first-order valence-corrected chi connectivity index (χ1v) is 13.9. The smallest absolute Gasteiger partial charge is 0.250 e. The molecule has 5 atom stereocenters. The summed E-state index contributed by atoms with van der Waals surface area (Å²) < 4.78 is 8.33. The van der Waals surface area contributed by atoms with Crippen LogP contribution in [0.2, 0.25) is 0 Å². The highest BCUT2D eigenvalue weighted by atomic mass is 16.5. The normalized spacial score (nSPS) is 29.1. The standard InChI is InChI=1S/C30H30N6O5/c37-18-8-17-35-26-29(40)33(19-36-22-12-5-4-11-21(22)31-32-36)15-7-14-30(26)25(28(35)39)24-23(41-30)13-6-16-34(27(24)38)20-9-2-1-3-10-20/h1-7,9-14,23-26,37H,8,15-19H2/t23-,24+,25+,26?,30+/m1/s1. The first kappa shape index (κ1) is 25.6. The lowest BCUT2D eigenvalue weighted by molar-refractivity contribution is -0.148. The van der Waals surface area contributed by atoms with Crippen molar-refractivity contribution in [2.24, 2.45) is 11.8 Å². The van der Waals surface area contributed by atoms with Gasteiger partial charge in [0.25, 0.3) is 5.91 Å². The maximum absolute atomic E-state index is 14.4. The predicted octanol–water partition coefficient (Wildman–Crippen LogP) is 1.35. The molecular weight excluding hydrogens is 524 g/mol. The summed E-state index contributed by atoms with van der Waals surface area (Å²) in [5.74, 6) is -2.49. The highest BCUT2D eigenvalue weighted by molar-refractivity contribution is 6.03. The minimum Gasteiger partial charge on any atom is -0.396 e. The van der Waals surface area contributed by atoms with Gasteiger partial charge in [0.1, 0.15) is 23.8 Å². The van der Waals surface area contributed by atoms with E-state index in [9.17, 15) is 19.5 Å². The molecule has 0 bridgehead atoms. The van der Waals surface area contributed by atoms with Crippen LogP contribution in [0.5, 0.6) is 0 Å². The maximum Gasteiger partial charge on any atom is 0.250 e. The van der Waals surface area contributed by atoms with Gasteiger partial charge in [0, 0.05) is 31.9 Å². The first-order valence-electron chi connectivity index (χ1n) is 13.9. The summed E-state index contributed by atoms with van der Waals surface area (Å²) in [6.45, 7) is 0.808. The largest absolute Gasteiger partial charge is 0.396 e. The van der Waals surface area contributed by atoms with Crippen LogP contribution in [-0.2, 0) is 25.8 Å². The molecule has 2 saturated heterocycles. The highest BCUT2D eigenvalue weighted by Crippen LogP contribution is 2.53. The molecule has 3 amide bonds. The summed E-state index contributed by atoms with van der Waals surface area (Å²) in [5.41, 5.74) is 0.922. The van der Waals surface area contributed by atoms with Crippen LogP contribution in [0.15, 0.2) is 78.9 Å². The van der Waals surface area contributed by atoms with Gasteiger partial charge in [-0.05, 0) is 30.7 Å². The summed E-state index contributed by atoms with van der Waals surface area (Å²) in [6, 6.07) is 15.9. The molecule has 11 nitrogen and oxygen atoms in total. The molecule has 0 radical (unpaired) electrons. The van der Waals surface area contributed by atoms with E-state index in [0.717, 1.165) is 16.7 Å². The second-order valence-corrected chi connectivity index (χ2v) is 10.8. The molecule has 41 heavy (non-hydrogen) atoms. The Morgan fingerprint density at radius 3 is 2.59 bits per heavy atom. The molecule has 210 valence electrons. The molecule has 11 heteroatoms. The average molecular weight is 555 g/mol. The first-order chi connectivity index (χ1) is 20.0. The molecule has 1 N–H and O–H groups in total. The van der Waals surface area contributed by atoms with Gasteiger partial charge in [0.15, 0.2) is 0 Å². The average Bonchev–Trinajstić information content (AvgIpc) is 3.54. The number of hydrogen-bond acceptors (Lipinski definition) is 7. The van der Waals surface area contributed by atoms with Crippen molar-refractivity contribution in [2.45, 2.75) is 30.8 Å². The van der Waals surface area contributed by atoms with Crippen LogP contribution in [0, 0.1) is 11.8 Å². The minimum absolute atomic E-state index is 0.135. The zero-order valence-corrected chi connectivity index (χ0v) is 22.3. The van der Waals surface area contributed by atoms with Crippen molar-refractivity contribution in [3.63, 3.8) is 0 Å². The molecular formula is C30H30N6O5. The molecule has 0 saturated carbocycles. The number of anilines is 1. The summed E-state index contributed by atoms with van der Waals surface area (Å²) in [5, 5.41) is 18.1. The lowest BCUT2D eigenvalue weighted by Gasteiger charge is -2.35. The van der Waals surface area contributed by atoms with Gasteiger partial charge in [-0.25, -0.2) is 4.68 Å². The van der Waals surface area contributed by atoms with E-state index >= 15 is 0 Å². The second kappa shape index (κ2) is 9.93. The lowest BCUT2D eigenvalue weighted by atomic mass is 9.77. The number of aliphatic hydroxyl groups is 1.